The lowest BCUT2D eigenvalue weighted by Crippen LogP contribution is -2.43. The van der Waals surface area contributed by atoms with E-state index in [1.165, 1.54) is 24.3 Å². The van der Waals surface area contributed by atoms with Gasteiger partial charge in [-0.3, -0.25) is 19.6 Å². The largest absolute Gasteiger partial charge is 0.285 e. The molecule has 0 aliphatic carbocycles. The Morgan fingerprint density at radius 2 is 1.71 bits per heavy atom. The van der Waals surface area contributed by atoms with Crippen molar-refractivity contribution in [2.24, 2.45) is 0 Å². The van der Waals surface area contributed by atoms with Crippen LogP contribution in [0.4, 0.5) is 5.69 Å². The summed E-state index contributed by atoms with van der Waals surface area (Å²) in [5.74, 6) is -1.89. The number of amides is 3. The topological polar surface area (TPSA) is 77.9 Å². The highest BCUT2D eigenvalue weighted by Crippen LogP contribution is 2.26. The van der Waals surface area contributed by atoms with Crippen LogP contribution in [-0.4, -0.2) is 34.0 Å². The van der Waals surface area contributed by atoms with Gasteiger partial charge in [0, 0.05) is 10.6 Å². The van der Waals surface area contributed by atoms with Crippen LogP contribution in [0, 0.1) is 0 Å². The Bertz CT molecular complexity index is 792. The molecule has 1 heterocycles. The first-order valence-corrected chi connectivity index (χ1v) is 7.56. The van der Waals surface area contributed by atoms with Gasteiger partial charge in [0.2, 0.25) is 5.91 Å². The number of nitrogens with zero attached hydrogens (tertiary/aromatic N) is 2. The fourth-order valence-electron chi connectivity index (χ4n) is 2.52. The van der Waals surface area contributed by atoms with Gasteiger partial charge >= 0.3 is 0 Å². The molecule has 0 aromatic heterocycles. The maximum atomic E-state index is 12.5. The normalized spacial score (nSPS) is 17.2. The number of carbonyl (C=O) groups excluding carboxylic acids is 3. The van der Waals surface area contributed by atoms with Crippen molar-refractivity contribution in [3.05, 3.63) is 65.2 Å². The molecule has 3 amide bonds. The van der Waals surface area contributed by atoms with Crippen molar-refractivity contribution in [1.29, 1.82) is 0 Å². The SMILES string of the molecule is O=C1CC(N(O)C(=O)c2ccccc2)C(=O)N1c1ccc(Cl)cc1. The van der Waals surface area contributed by atoms with Crippen LogP contribution in [0.2, 0.25) is 5.02 Å². The van der Waals surface area contributed by atoms with E-state index < -0.39 is 23.8 Å². The van der Waals surface area contributed by atoms with Crippen LogP contribution in [0.5, 0.6) is 0 Å². The van der Waals surface area contributed by atoms with E-state index >= 15 is 0 Å². The third-order valence-electron chi connectivity index (χ3n) is 3.73. The quantitative estimate of drug-likeness (QED) is 0.527. The second kappa shape index (κ2) is 6.43. The number of carbonyl (C=O) groups is 3. The lowest BCUT2D eigenvalue weighted by Gasteiger charge is -2.21. The average Bonchev–Trinajstić information content (AvgIpc) is 2.90. The molecule has 1 aliphatic heterocycles. The fourth-order valence-corrected chi connectivity index (χ4v) is 2.65. The molecule has 0 bridgehead atoms. The zero-order valence-corrected chi connectivity index (χ0v) is 13.2. The molecule has 1 atom stereocenters. The Morgan fingerprint density at radius 3 is 2.33 bits per heavy atom. The molecular formula is C17H13ClN2O4. The standard InChI is InChI=1S/C17H13ClN2O4/c18-12-6-8-13(9-7-12)19-15(21)10-14(17(19)23)20(24)16(22)11-4-2-1-3-5-11/h1-9,14,24H,10H2. The average molecular weight is 345 g/mol. The van der Waals surface area contributed by atoms with Crippen LogP contribution in [0.3, 0.4) is 0 Å². The van der Waals surface area contributed by atoms with Gasteiger partial charge in [0.1, 0.15) is 6.04 Å². The molecule has 0 radical (unpaired) electrons. The predicted octanol–water partition coefficient (Wildman–Crippen LogP) is 2.50. The van der Waals surface area contributed by atoms with Crippen molar-refractivity contribution >= 4 is 35.0 Å². The summed E-state index contributed by atoms with van der Waals surface area (Å²) in [6, 6.07) is 13.0. The second-order valence-electron chi connectivity index (χ2n) is 5.28. The van der Waals surface area contributed by atoms with E-state index in [9.17, 15) is 19.6 Å². The summed E-state index contributed by atoms with van der Waals surface area (Å²) in [4.78, 5) is 37.9. The molecule has 2 aromatic rings. The van der Waals surface area contributed by atoms with Gasteiger partial charge in [-0.25, -0.2) is 9.96 Å². The highest BCUT2D eigenvalue weighted by atomic mass is 35.5. The molecule has 1 fully saturated rings. The van der Waals surface area contributed by atoms with E-state index in [4.69, 9.17) is 11.6 Å². The van der Waals surface area contributed by atoms with Gasteiger partial charge in [-0.2, -0.15) is 0 Å². The van der Waals surface area contributed by atoms with E-state index in [1.54, 1.807) is 30.3 Å². The van der Waals surface area contributed by atoms with Gasteiger partial charge in [-0.1, -0.05) is 29.8 Å². The van der Waals surface area contributed by atoms with Crippen molar-refractivity contribution in [3.8, 4) is 0 Å². The first kappa shape index (κ1) is 16.2. The van der Waals surface area contributed by atoms with Gasteiger partial charge < -0.3 is 0 Å². The molecule has 0 spiro atoms. The highest BCUT2D eigenvalue weighted by molar-refractivity contribution is 6.30. The molecule has 7 heteroatoms. The summed E-state index contributed by atoms with van der Waals surface area (Å²) in [6.07, 6.45) is -0.281. The van der Waals surface area contributed by atoms with Gasteiger partial charge in [-0.05, 0) is 36.4 Å². The molecule has 1 unspecified atom stereocenters. The summed E-state index contributed by atoms with van der Waals surface area (Å²) in [5.41, 5.74) is 0.572. The highest BCUT2D eigenvalue weighted by Gasteiger charge is 2.44. The molecule has 122 valence electrons. The minimum Gasteiger partial charge on any atom is -0.285 e. The van der Waals surface area contributed by atoms with Crippen LogP contribution in [0.1, 0.15) is 16.8 Å². The van der Waals surface area contributed by atoms with E-state index in [0.29, 0.717) is 15.8 Å². The van der Waals surface area contributed by atoms with Crippen LogP contribution >= 0.6 is 11.6 Å². The Labute approximate surface area is 142 Å². The summed E-state index contributed by atoms with van der Waals surface area (Å²) < 4.78 is 0. The summed E-state index contributed by atoms with van der Waals surface area (Å²) in [6.45, 7) is 0. The first-order valence-electron chi connectivity index (χ1n) is 7.19. The molecule has 24 heavy (non-hydrogen) atoms. The van der Waals surface area contributed by atoms with Crippen molar-refractivity contribution in [1.82, 2.24) is 5.06 Å². The Hall–Kier alpha value is -2.70. The van der Waals surface area contributed by atoms with E-state index in [0.717, 1.165) is 4.90 Å². The first-order chi connectivity index (χ1) is 11.5. The second-order valence-corrected chi connectivity index (χ2v) is 5.72. The maximum Gasteiger partial charge on any atom is 0.277 e. The minimum atomic E-state index is -1.25. The summed E-state index contributed by atoms with van der Waals surface area (Å²) >= 11 is 5.80. The van der Waals surface area contributed by atoms with E-state index in [2.05, 4.69) is 0 Å². The maximum absolute atomic E-state index is 12.5. The minimum absolute atomic E-state index is 0.227. The summed E-state index contributed by atoms with van der Waals surface area (Å²) in [7, 11) is 0. The number of imide groups is 1. The third kappa shape index (κ3) is 2.89. The molecule has 1 saturated heterocycles. The number of rotatable bonds is 3. The number of benzene rings is 2. The third-order valence-corrected chi connectivity index (χ3v) is 3.98. The molecule has 1 N–H and O–H groups in total. The smallest absolute Gasteiger partial charge is 0.277 e. The van der Waals surface area contributed by atoms with Crippen LogP contribution in [0.25, 0.3) is 0 Å². The van der Waals surface area contributed by atoms with Crippen molar-refractivity contribution < 1.29 is 19.6 Å². The zero-order chi connectivity index (χ0) is 17.3. The molecule has 2 aromatic carbocycles. The molecule has 0 saturated carbocycles. The van der Waals surface area contributed by atoms with Crippen molar-refractivity contribution in [2.75, 3.05) is 4.90 Å². The van der Waals surface area contributed by atoms with Crippen LogP contribution < -0.4 is 4.90 Å². The van der Waals surface area contributed by atoms with Gasteiger partial charge in [0.25, 0.3) is 11.8 Å². The molecule has 3 rings (SSSR count). The predicted molar refractivity (Wildman–Crippen MR) is 86.7 cm³/mol. The van der Waals surface area contributed by atoms with Crippen molar-refractivity contribution in [3.63, 3.8) is 0 Å². The zero-order valence-electron chi connectivity index (χ0n) is 12.4. The number of anilines is 1. The molecule has 6 nitrogen and oxygen atoms in total. The summed E-state index contributed by atoms with van der Waals surface area (Å²) in [5, 5.41) is 10.9. The van der Waals surface area contributed by atoms with Gasteiger partial charge in [-0.15, -0.1) is 0 Å². The Balaban J connectivity index is 1.83. The van der Waals surface area contributed by atoms with Crippen LogP contribution in [0.15, 0.2) is 54.6 Å². The number of hydroxylamine groups is 2. The number of hydrogen-bond donors (Lipinski definition) is 1. The number of halogens is 1. The van der Waals surface area contributed by atoms with E-state index in [-0.39, 0.29) is 12.0 Å². The van der Waals surface area contributed by atoms with Crippen molar-refractivity contribution in [2.45, 2.75) is 12.5 Å². The lowest BCUT2D eigenvalue weighted by atomic mass is 10.1. The van der Waals surface area contributed by atoms with E-state index in [1.807, 2.05) is 0 Å². The van der Waals surface area contributed by atoms with Gasteiger partial charge in [0.15, 0.2) is 0 Å². The fraction of sp³-hybridized carbons (Fsp3) is 0.118. The van der Waals surface area contributed by atoms with Gasteiger partial charge in [0.05, 0.1) is 12.1 Å². The molecule has 1 aliphatic rings. The number of hydrogen-bond acceptors (Lipinski definition) is 4. The lowest BCUT2D eigenvalue weighted by molar-refractivity contribution is -0.135. The Kier molecular flexibility index (Phi) is 4.33. The van der Waals surface area contributed by atoms with Crippen LogP contribution in [-0.2, 0) is 9.59 Å². The Morgan fingerprint density at radius 1 is 1.08 bits per heavy atom. The monoisotopic (exact) mass is 344 g/mol. The molecular weight excluding hydrogens is 332 g/mol.